The van der Waals surface area contributed by atoms with Crippen LogP contribution in [0.25, 0.3) is 0 Å². The van der Waals surface area contributed by atoms with E-state index in [0.29, 0.717) is 10.8 Å². The molecule has 0 aromatic heterocycles. The van der Waals surface area contributed by atoms with Gasteiger partial charge in [0, 0.05) is 11.6 Å². The van der Waals surface area contributed by atoms with Gasteiger partial charge in [-0.15, -0.1) is 0 Å². The van der Waals surface area contributed by atoms with E-state index in [0.717, 1.165) is 5.56 Å². The van der Waals surface area contributed by atoms with Crippen LogP contribution in [0.15, 0.2) is 48.5 Å². The van der Waals surface area contributed by atoms with Gasteiger partial charge in [-0.1, -0.05) is 29.8 Å². The third kappa shape index (κ3) is 6.08. The first kappa shape index (κ1) is 18.7. The standard InChI is InChI=1S/C18H17ClFNO4/c1-12(25-15-8-6-14(20)7-9-15)18(23)24-11-17(22)21-10-13-4-2-3-5-16(13)19/h2-9,12H,10-11H2,1H3,(H,21,22)/t12-/m1/s1. The minimum absolute atomic E-state index is 0.234. The van der Waals surface area contributed by atoms with Crippen molar-refractivity contribution in [1.29, 1.82) is 0 Å². The van der Waals surface area contributed by atoms with Crippen molar-refractivity contribution in [1.82, 2.24) is 5.32 Å². The van der Waals surface area contributed by atoms with Crippen LogP contribution in [0, 0.1) is 5.82 Å². The zero-order chi connectivity index (χ0) is 18.2. The van der Waals surface area contributed by atoms with E-state index in [-0.39, 0.29) is 6.54 Å². The van der Waals surface area contributed by atoms with Crippen molar-refractivity contribution in [2.24, 2.45) is 0 Å². The van der Waals surface area contributed by atoms with E-state index in [1.54, 1.807) is 18.2 Å². The molecule has 0 unspecified atom stereocenters. The van der Waals surface area contributed by atoms with Crippen LogP contribution in [-0.2, 0) is 20.9 Å². The number of rotatable bonds is 7. The monoisotopic (exact) mass is 365 g/mol. The van der Waals surface area contributed by atoms with E-state index in [1.807, 2.05) is 6.07 Å². The number of carbonyl (C=O) groups is 2. The maximum atomic E-state index is 12.8. The highest BCUT2D eigenvalue weighted by molar-refractivity contribution is 6.31. The van der Waals surface area contributed by atoms with Crippen LogP contribution in [0.1, 0.15) is 12.5 Å². The lowest BCUT2D eigenvalue weighted by atomic mass is 10.2. The molecular formula is C18H17ClFNO4. The fourth-order valence-electron chi connectivity index (χ4n) is 1.91. The highest BCUT2D eigenvalue weighted by Gasteiger charge is 2.18. The molecule has 0 aliphatic rings. The Balaban J connectivity index is 1.74. The Labute approximate surface area is 149 Å². The lowest BCUT2D eigenvalue weighted by molar-refractivity contribution is -0.154. The molecule has 132 valence electrons. The van der Waals surface area contributed by atoms with E-state index in [1.165, 1.54) is 31.2 Å². The third-order valence-electron chi connectivity index (χ3n) is 3.24. The summed E-state index contributed by atoms with van der Waals surface area (Å²) >= 11 is 5.99. The first-order chi connectivity index (χ1) is 12.0. The molecule has 0 radical (unpaired) electrons. The van der Waals surface area contributed by atoms with Gasteiger partial charge in [0.25, 0.3) is 5.91 Å². The summed E-state index contributed by atoms with van der Waals surface area (Å²) in [6, 6.07) is 12.3. The Bertz CT molecular complexity index is 736. The molecule has 0 heterocycles. The van der Waals surface area contributed by atoms with E-state index in [4.69, 9.17) is 21.1 Å². The Morgan fingerprint density at radius 2 is 1.84 bits per heavy atom. The summed E-state index contributed by atoms with van der Waals surface area (Å²) < 4.78 is 23.0. The van der Waals surface area contributed by atoms with Crippen LogP contribution >= 0.6 is 11.6 Å². The number of nitrogens with one attached hydrogen (secondary N) is 1. The Kier molecular flexibility index (Phi) is 6.77. The molecule has 0 saturated carbocycles. The average Bonchev–Trinajstić information content (AvgIpc) is 2.60. The fraction of sp³-hybridized carbons (Fsp3) is 0.222. The zero-order valence-electron chi connectivity index (χ0n) is 13.5. The Morgan fingerprint density at radius 1 is 1.16 bits per heavy atom. The molecule has 5 nitrogen and oxygen atoms in total. The van der Waals surface area contributed by atoms with Crippen LogP contribution in [-0.4, -0.2) is 24.6 Å². The van der Waals surface area contributed by atoms with Gasteiger partial charge in [-0.2, -0.15) is 0 Å². The SMILES string of the molecule is C[C@@H](Oc1ccc(F)cc1)C(=O)OCC(=O)NCc1ccccc1Cl. The summed E-state index contributed by atoms with van der Waals surface area (Å²) in [6.45, 7) is 1.28. The molecule has 2 aromatic carbocycles. The number of ether oxygens (including phenoxy) is 2. The van der Waals surface area contributed by atoms with Gasteiger partial charge < -0.3 is 14.8 Å². The van der Waals surface area contributed by atoms with Gasteiger partial charge in [-0.05, 0) is 42.8 Å². The van der Waals surface area contributed by atoms with E-state index < -0.39 is 30.4 Å². The number of hydrogen-bond donors (Lipinski definition) is 1. The van der Waals surface area contributed by atoms with Crippen molar-refractivity contribution in [2.75, 3.05) is 6.61 Å². The zero-order valence-corrected chi connectivity index (χ0v) is 14.3. The lowest BCUT2D eigenvalue weighted by Crippen LogP contribution is -2.32. The first-order valence-electron chi connectivity index (χ1n) is 7.54. The molecule has 1 N–H and O–H groups in total. The summed E-state index contributed by atoms with van der Waals surface area (Å²) in [6.07, 6.45) is -0.929. The predicted octanol–water partition coefficient (Wildman–Crippen LogP) is 3.11. The molecule has 0 aliphatic heterocycles. The topological polar surface area (TPSA) is 64.6 Å². The maximum Gasteiger partial charge on any atom is 0.347 e. The van der Waals surface area contributed by atoms with Gasteiger partial charge in [0.2, 0.25) is 0 Å². The fourth-order valence-corrected chi connectivity index (χ4v) is 2.11. The maximum absolute atomic E-state index is 12.8. The summed E-state index contributed by atoms with van der Waals surface area (Å²) in [5.74, 6) is -1.23. The van der Waals surface area contributed by atoms with Gasteiger partial charge in [-0.25, -0.2) is 9.18 Å². The molecule has 0 fully saturated rings. The van der Waals surface area contributed by atoms with Gasteiger partial charge in [0.05, 0.1) is 0 Å². The van der Waals surface area contributed by atoms with Crippen LogP contribution in [0.5, 0.6) is 5.75 Å². The van der Waals surface area contributed by atoms with Gasteiger partial charge in [0.1, 0.15) is 11.6 Å². The molecule has 1 amide bonds. The molecule has 2 aromatic rings. The molecule has 0 aliphatic carbocycles. The molecular weight excluding hydrogens is 349 g/mol. The molecule has 0 spiro atoms. The third-order valence-corrected chi connectivity index (χ3v) is 3.61. The molecule has 2 rings (SSSR count). The minimum atomic E-state index is -0.929. The second-order valence-corrected chi connectivity index (χ2v) is 5.60. The van der Waals surface area contributed by atoms with Gasteiger partial charge >= 0.3 is 5.97 Å². The van der Waals surface area contributed by atoms with Crippen molar-refractivity contribution < 1.29 is 23.5 Å². The highest BCUT2D eigenvalue weighted by Crippen LogP contribution is 2.14. The molecule has 0 bridgehead atoms. The lowest BCUT2D eigenvalue weighted by Gasteiger charge is -2.14. The van der Waals surface area contributed by atoms with Crippen LogP contribution in [0.2, 0.25) is 5.02 Å². The van der Waals surface area contributed by atoms with Gasteiger partial charge in [-0.3, -0.25) is 4.79 Å². The molecule has 1 atom stereocenters. The number of benzene rings is 2. The largest absolute Gasteiger partial charge is 0.479 e. The number of halogens is 2. The van der Waals surface area contributed by atoms with Crippen molar-refractivity contribution in [3.63, 3.8) is 0 Å². The minimum Gasteiger partial charge on any atom is -0.479 e. The smallest absolute Gasteiger partial charge is 0.347 e. The van der Waals surface area contributed by atoms with E-state index in [9.17, 15) is 14.0 Å². The quantitative estimate of drug-likeness (QED) is 0.766. The number of esters is 1. The number of carbonyl (C=O) groups excluding carboxylic acids is 2. The second-order valence-electron chi connectivity index (χ2n) is 5.19. The van der Waals surface area contributed by atoms with Crippen molar-refractivity contribution in [3.05, 3.63) is 64.9 Å². The van der Waals surface area contributed by atoms with Crippen molar-refractivity contribution in [2.45, 2.75) is 19.6 Å². The second kappa shape index (κ2) is 9.03. The van der Waals surface area contributed by atoms with Gasteiger partial charge in [0.15, 0.2) is 12.7 Å². The predicted molar refractivity (Wildman–Crippen MR) is 90.7 cm³/mol. The molecule has 7 heteroatoms. The van der Waals surface area contributed by atoms with Crippen LogP contribution in [0.3, 0.4) is 0 Å². The van der Waals surface area contributed by atoms with Crippen molar-refractivity contribution in [3.8, 4) is 5.75 Å². The number of amides is 1. The Hall–Kier alpha value is -2.60. The van der Waals surface area contributed by atoms with Crippen molar-refractivity contribution >= 4 is 23.5 Å². The van der Waals surface area contributed by atoms with E-state index in [2.05, 4.69) is 5.32 Å². The Morgan fingerprint density at radius 3 is 2.52 bits per heavy atom. The first-order valence-corrected chi connectivity index (χ1v) is 7.92. The summed E-state index contributed by atoms with van der Waals surface area (Å²) in [4.78, 5) is 23.6. The number of hydrogen-bond acceptors (Lipinski definition) is 4. The summed E-state index contributed by atoms with van der Waals surface area (Å²) in [7, 11) is 0. The highest BCUT2D eigenvalue weighted by atomic mass is 35.5. The molecule has 0 saturated heterocycles. The summed E-state index contributed by atoms with van der Waals surface area (Å²) in [5.41, 5.74) is 0.761. The van der Waals surface area contributed by atoms with E-state index >= 15 is 0 Å². The normalized spacial score (nSPS) is 11.5. The van der Waals surface area contributed by atoms with Crippen LogP contribution < -0.4 is 10.1 Å². The summed E-state index contributed by atoms with van der Waals surface area (Å²) in [5, 5.41) is 3.15. The van der Waals surface area contributed by atoms with Crippen LogP contribution in [0.4, 0.5) is 4.39 Å². The molecule has 25 heavy (non-hydrogen) atoms. The average molecular weight is 366 g/mol.